The highest BCUT2D eigenvalue weighted by Gasteiger charge is 2.73. The molecule has 4 fully saturated rings. The molecule has 5 nitrogen and oxygen atoms in total. The van der Waals surface area contributed by atoms with Crippen LogP contribution >= 0.6 is 0 Å². The Labute approximate surface area is 148 Å². The van der Waals surface area contributed by atoms with Crippen molar-refractivity contribution >= 4 is 11.8 Å². The number of carbonyl (C=O) groups is 2. The first-order valence-corrected chi connectivity index (χ1v) is 9.73. The molecule has 4 aliphatic carbocycles. The van der Waals surface area contributed by atoms with Gasteiger partial charge in [-0.15, -0.1) is 0 Å². The third kappa shape index (κ3) is 1.82. The molecule has 3 N–H and O–H groups in total. The SMILES string of the molecule is C[C@@]12CCC[C@@](C)(C(=O)O)[C@H]1CC[C@@]13CC(=O)[C@@](CO)(CC[C@@H]21)[C@H]3O. The molecule has 25 heavy (non-hydrogen) atoms. The van der Waals surface area contributed by atoms with Gasteiger partial charge in [0.15, 0.2) is 0 Å². The molecule has 0 heterocycles. The molecule has 0 radical (unpaired) electrons. The molecule has 1 spiro atoms. The van der Waals surface area contributed by atoms with E-state index in [4.69, 9.17) is 0 Å². The van der Waals surface area contributed by atoms with E-state index in [0.717, 1.165) is 25.7 Å². The highest BCUT2D eigenvalue weighted by Crippen LogP contribution is 2.72. The van der Waals surface area contributed by atoms with Gasteiger partial charge < -0.3 is 15.3 Å². The average molecular weight is 350 g/mol. The maximum absolute atomic E-state index is 12.8. The third-order valence-corrected chi connectivity index (χ3v) is 9.13. The number of ketones is 1. The van der Waals surface area contributed by atoms with Gasteiger partial charge in [0.25, 0.3) is 0 Å². The maximum atomic E-state index is 12.8. The summed E-state index contributed by atoms with van der Waals surface area (Å²) in [6.07, 6.45) is 4.94. The van der Waals surface area contributed by atoms with Crippen molar-refractivity contribution in [3.63, 3.8) is 0 Å². The van der Waals surface area contributed by atoms with E-state index in [2.05, 4.69) is 6.92 Å². The van der Waals surface area contributed by atoms with E-state index in [1.165, 1.54) is 0 Å². The van der Waals surface area contributed by atoms with E-state index >= 15 is 0 Å². The Balaban J connectivity index is 1.78. The monoisotopic (exact) mass is 350 g/mol. The van der Waals surface area contributed by atoms with E-state index in [-0.39, 0.29) is 29.6 Å². The molecule has 0 saturated heterocycles. The zero-order valence-corrected chi connectivity index (χ0v) is 15.3. The predicted octanol–water partition coefficient (Wildman–Crippen LogP) is 2.39. The largest absolute Gasteiger partial charge is 0.481 e. The summed E-state index contributed by atoms with van der Waals surface area (Å²) < 4.78 is 0. The van der Waals surface area contributed by atoms with Gasteiger partial charge in [-0.3, -0.25) is 9.59 Å². The summed E-state index contributed by atoms with van der Waals surface area (Å²) in [5.41, 5.74) is -2.30. The molecule has 5 heteroatoms. The molecule has 0 aromatic rings. The molecule has 140 valence electrons. The fourth-order valence-electron chi connectivity index (χ4n) is 7.84. The summed E-state index contributed by atoms with van der Waals surface area (Å²) in [5, 5.41) is 31.0. The van der Waals surface area contributed by atoms with Crippen LogP contribution in [0.25, 0.3) is 0 Å². The van der Waals surface area contributed by atoms with Crippen LogP contribution in [-0.2, 0) is 9.59 Å². The van der Waals surface area contributed by atoms with Crippen molar-refractivity contribution in [3.05, 3.63) is 0 Å². The summed E-state index contributed by atoms with van der Waals surface area (Å²) in [5.74, 6) is -0.433. The molecule has 4 saturated carbocycles. The number of Topliss-reactive ketones (excluding diaryl/α,β-unsaturated/α-hetero) is 1. The fourth-order valence-corrected chi connectivity index (χ4v) is 7.84. The maximum Gasteiger partial charge on any atom is 0.309 e. The lowest BCUT2D eigenvalue weighted by Crippen LogP contribution is -2.63. The van der Waals surface area contributed by atoms with Gasteiger partial charge in [-0.2, -0.15) is 0 Å². The van der Waals surface area contributed by atoms with Crippen LogP contribution in [0.3, 0.4) is 0 Å². The van der Waals surface area contributed by atoms with Crippen LogP contribution in [0.15, 0.2) is 0 Å². The Morgan fingerprint density at radius 3 is 2.44 bits per heavy atom. The minimum absolute atomic E-state index is 0.0175. The smallest absolute Gasteiger partial charge is 0.309 e. The summed E-state index contributed by atoms with van der Waals surface area (Å²) in [7, 11) is 0. The van der Waals surface area contributed by atoms with Gasteiger partial charge in [0, 0.05) is 11.8 Å². The summed E-state index contributed by atoms with van der Waals surface area (Å²) in [6.45, 7) is 3.84. The van der Waals surface area contributed by atoms with Gasteiger partial charge in [0.05, 0.1) is 23.5 Å². The Bertz CT molecular complexity index is 632. The van der Waals surface area contributed by atoms with E-state index in [1.807, 2.05) is 6.92 Å². The summed E-state index contributed by atoms with van der Waals surface area (Å²) in [6, 6.07) is 0. The molecular weight excluding hydrogens is 320 g/mol. The van der Waals surface area contributed by atoms with Crippen LogP contribution in [-0.4, -0.2) is 39.8 Å². The number of carboxylic acid groups (broad SMARTS) is 1. The molecule has 0 amide bonds. The molecular formula is C20H30O5. The molecule has 4 rings (SSSR count). The molecule has 2 bridgehead atoms. The average Bonchev–Trinajstić information content (AvgIpc) is 2.68. The second-order valence-electron chi connectivity index (χ2n) is 9.81. The number of carboxylic acids is 1. The molecule has 7 atom stereocenters. The van der Waals surface area contributed by atoms with Crippen molar-refractivity contribution in [2.45, 2.75) is 71.3 Å². The van der Waals surface area contributed by atoms with Crippen LogP contribution in [0.4, 0.5) is 0 Å². The van der Waals surface area contributed by atoms with Crippen molar-refractivity contribution in [2.75, 3.05) is 6.61 Å². The Kier molecular flexibility index (Phi) is 3.54. The van der Waals surface area contributed by atoms with Crippen LogP contribution in [0.1, 0.15) is 65.2 Å². The summed E-state index contributed by atoms with van der Waals surface area (Å²) >= 11 is 0. The highest BCUT2D eigenvalue weighted by atomic mass is 16.4. The quantitative estimate of drug-likeness (QED) is 0.711. The third-order valence-electron chi connectivity index (χ3n) is 9.13. The van der Waals surface area contributed by atoms with Gasteiger partial charge >= 0.3 is 5.97 Å². The lowest BCUT2D eigenvalue weighted by atomic mass is 9.40. The lowest BCUT2D eigenvalue weighted by Gasteiger charge is -2.64. The van der Waals surface area contributed by atoms with Crippen molar-refractivity contribution < 1.29 is 24.9 Å². The number of aliphatic carboxylic acids is 1. The number of hydrogen-bond donors (Lipinski definition) is 3. The number of fused-ring (bicyclic) bond motifs is 3. The predicted molar refractivity (Wildman–Crippen MR) is 90.7 cm³/mol. The zero-order valence-electron chi connectivity index (χ0n) is 15.3. The van der Waals surface area contributed by atoms with Gasteiger partial charge in [0.1, 0.15) is 5.78 Å². The number of rotatable bonds is 2. The van der Waals surface area contributed by atoms with E-state index in [9.17, 15) is 24.9 Å². The molecule has 4 aliphatic rings. The number of hydrogen-bond acceptors (Lipinski definition) is 4. The number of aliphatic hydroxyl groups excluding tert-OH is 2. The zero-order chi connectivity index (χ0) is 18.3. The van der Waals surface area contributed by atoms with Crippen LogP contribution < -0.4 is 0 Å². The van der Waals surface area contributed by atoms with Crippen molar-refractivity contribution in [1.29, 1.82) is 0 Å². The fraction of sp³-hybridized carbons (Fsp3) is 0.900. The minimum Gasteiger partial charge on any atom is -0.481 e. The van der Waals surface area contributed by atoms with E-state index in [0.29, 0.717) is 25.7 Å². The highest BCUT2D eigenvalue weighted by molar-refractivity contribution is 5.90. The lowest BCUT2D eigenvalue weighted by molar-refractivity contribution is -0.210. The molecule has 0 unspecified atom stereocenters. The first-order chi connectivity index (χ1) is 11.7. The van der Waals surface area contributed by atoms with Crippen LogP contribution in [0, 0.1) is 33.5 Å². The first-order valence-electron chi connectivity index (χ1n) is 9.73. The van der Waals surface area contributed by atoms with Gasteiger partial charge in [-0.1, -0.05) is 13.3 Å². The van der Waals surface area contributed by atoms with E-state index in [1.54, 1.807) is 0 Å². The van der Waals surface area contributed by atoms with E-state index < -0.39 is 28.3 Å². The van der Waals surface area contributed by atoms with Crippen molar-refractivity contribution in [1.82, 2.24) is 0 Å². The standard InChI is InChI=1S/C20H30O5/c1-17-6-3-7-18(2,16(24)25)12(17)4-8-19-10-14(22)20(11-21,15(19)23)9-5-13(17)19/h12-13,15,21,23H,3-11H2,1-2H3,(H,24,25)/t12-,13-,15-,17+,18+,19+,20-/m0/s1. The topological polar surface area (TPSA) is 94.8 Å². The summed E-state index contributed by atoms with van der Waals surface area (Å²) in [4.78, 5) is 24.8. The molecule has 0 aliphatic heterocycles. The number of aliphatic hydroxyl groups is 2. The van der Waals surface area contributed by atoms with Gasteiger partial charge in [0.2, 0.25) is 0 Å². The molecule has 0 aromatic heterocycles. The Morgan fingerprint density at radius 2 is 1.80 bits per heavy atom. The van der Waals surface area contributed by atoms with Crippen LogP contribution in [0.5, 0.6) is 0 Å². The second-order valence-corrected chi connectivity index (χ2v) is 9.81. The Hall–Kier alpha value is -0.940. The van der Waals surface area contributed by atoms with Crippen LogP contribution in [0.2, 0.25) is 0 Å². The minimum atomic E-state index is -0.968. The second kappa shape index (κ2) is 5.07. The molecule has 0 aromatic carbocycles. The van der Waals surface area contributed by atoms with Crippen molar-refractivity contribution in [3.8, 4) is 0 Å². The Morgan fingerprint density at radius 1 is 1.12 bits per heavy atom. The van der Waals surface area contributed by atoms with Gasteiger partial charge in [-0.05, 0) is 62.7 Å². The number of carbonyl (C=O) groups excluding carboxylic acids is 1. The first kappa shape index (κ1) is 17.5. The van der Waals surface area contributed by atoms with Crippen molar-refractivity contribution in [2.24, 2.45) is 33.5 Å². The van der Waals surface area contributed by atoms with Gasteiger partial charge in [-0.25, -0.2) is 0 Å². The normalized spacial score (nSPS) is 54.7.